The van der Waals surface area contributed by atoms with Gasteiger partial charge >= 0.3 is 17.9 Å². The van der Waals surface area contributed by atoms with Crippen LogP contribution in [0.5, 0.6) is 0 Å². The van der Waals surface area contributed by atoms with Gasteiger partial charge < -0.3 is 24.8 Å². The number of carboxylic acids is 1. The molecule has 0 aromatic carbocycles. The van der Waals surface area contributed by atoms with Crippen molar-refractivity contribution in [3.63, 3.8) is 0 Å². The molecule has 19 heavy (non-hydrogen) atoms. The maximum atomic E-state index is 10.4. The van der Waals surface area contributed by atoms with E-state index in [-0.39, 0.29) is 26.4 Å². The molecule has 0 saturated heterocycles. The second-order valence-electron chi connectivity index (χ2n) is 2.66. The van der Waals surface area contributed by atoms with Crippen molar-refractivity contribution < 1.29 is 39.2 Å². The number of carboxylic acid groups (broad SMARTS) is 1. The first-order chi connectivity index (χ1) is 8.97. The highest BCUT2D eigenvalue weighted by atomic mass is 16.5. The summed E-state index contributed by atoms with van der Waals surface area (Å²) in [7, 11) is 0. The minimum atomic E-state index is -1.22. The van der Waals surface area contributed by atoms with Crippen LogP contribution in [0.25, 0.3) is 0 Å². The summed E-state index contributed by atoms with van der Waals surface area (Å²) in [6, 6.07) is 0. The summed E-state index contributed by atoms with van der Waals surface area (Å²) in [6.07, 6.45) is 2.49. The van der Waals surface area contributed by atoms with Gasteiger partial charge in [0.25, 0.3) is 0 Å². The van der Waals surface area contributed by atoms with E-state index >= 15 is 0 Å². The van der Waals surface area contributed by atoms with Crippen LogP contribution in [0.3, 0.4) is 0 Å². The second-order valence-corrected chi connectivity index (χ2v) is 2.66. The van der Waals surface area contributed by atoms with Crippen molar-refractivity contribution in [2.45, 2.75) is 0 Å². The molecule has 0 aromatic heterocycles. The Bertz CT molecular complexity index is 321. The van der Waals surface area contributed by atoms with E-state index < -0.39 is 17.9 Å². The number of esters is 2. The molecule has 0 aliphatic heterocycles. The first-order valence-electron chi connectivity index (χ1n) is 5.06. The standard InChI is InChI=1S/C6H8O5.C5H8O3/c7-3-4-11-6(10)2-1-5(8)9;1-2-5(7)8-4-3-6/h1-2,7H,3-4H2,(H,8,9);2,6H,1,3-4H2/b2-1-;. The fourth-order valence-corrected chi connectivity index (χ4v) is 0.539. The predicted molar refractivity (Wildman–Crippen MR) is 63.1 cm³/mol. The normalized spacial score (nSPS) is 9.16. The largest absolute Gasteiger partial charge is 0.478 e. The fraction of sp³-hybridized carbons (Fsp3) is 0.364. The van der Waals surface area contributed by atoms with E-state index in [1.165, 1.54) is 0 Å². The van der Waals surface area contributed by atoms with Crippen LogP contribution in [0.2, 0.25) is 0 Å². The van der Waals surface area contributed by atoms with Crippen molar-refractivity contribution in [3.8, 4) is 0 Å². The summed E-state index contributed by atoms with van der Waals surface area (Å²) in [4.78, 5) is 30.4. The first-order valence-corrected chi connectivity index (χ1v) is 5.06. The highest BCUT2D eigenvalue weighted by Crippen LogP contribution is 1.80. The lowest BCUT2D eigenvalue weighted by Crippen LogP contribution is -2.05. The molecular weight excluding hydrogens is 260 g/mol. The Balaban J connectivity index is 0. The van der Waals surface area contributed by atoms with Crippen LogP contribution in [-0.2, 0) is 23.9 Å². The molecule has 0 atom stereocenters. The summed E-state index contributed by atoms with van der Waals surface area (Å²) in [5, 5.41) is 24.3. The van der Waals surface area contributed by atoms with Crippen LogP contribution in [0.15, 0.2) is 24.8 Å². The predicted octanol–water partition coefficient (Wildman–Crippen LogP) is -1.13. The summed E-state index contributed by atoms with van der Waals surface area (Å²) in [5.74, 6) is -2.49. The zero-order valence-corrected chi connectivity index (χ0v) is 10.2. The number of aliphatic carboxylic acids is 1. The van der Waals surface area contributed by atoms with Crippen molar-refractivity contribution in [2.75, 3.05) is 26.4 Å². The summed E-state index contributed by atoms with van der Waals surface area (Å²) < 4.78 is 8.64. The average Bonchev–Trinajstić information content (AvgIpc) is 2.40. The third-order valence-electron chi connectivity index (χ3n) is 1.20. The van der Waals surface area contributed by atoms with Gasteiger partial charge in [-0.25, -0.2) is 14.4 Å². The highest BCUT2D eigenvalue weighted by Gasteiger charge is 1.95. The highest BCUT2D eigenvalue weighted by molar-refractivity contribution is 5.90. The zero-order chi connectivity index (χ0) is 15.1. The quantitative estimate of drug-likeness (QED) is 0.393. The minimum Gasteiger partial charge on any atom is -0.478 e. The van der Waals surface area contributed by atoms with Crippen LogP contribution in [0.4, 0.5) is 0 Å². The Hall–Kier alpha value is -2.19. The van der Waals surface area contributed by atoms with Gasteiger partial charge in [0.15, 0.2) is 0 Å². The topological polar surface area (TPSA) is 130 Å². The van der Waals surface area contributed by atoms with Crippen LogP contribution in [-0.4, -0.2) is 59.7 Å². The van der Waals surface area contributed by atoms with E-state index in [9.17, 15) is 14.4 Å². The number of aliphatic hydroxyl groups excluding tert-OH is 2. The first kappa shape index (κ1) is 19.2. The van der Waals surface area contributed by atoms with Gasteiger partial charge in [-0.05, 0) is 0 Å². The van der Waals surface area contributed by atoms with Crippen LogP contribution in [0, 0.1) is 0 Å². The molecule has 8 nitrogen and oxygen atoms in total. The van der Waals surface area contributed by atoms with Gasteiger partial charge in [-0.2, -0.15) is 0 Å². The number of aliphatic hydroxyl groups is 2. The van der Waals surface area contributed by atoms with Crippen molar-refractivity contribution in [1.82, 2.24) is 0 Å². The molecule has 0 amide bonds. The smallest absolute Gasteiger partial charge is 0.331 e. The van der Waals surface area contributed by atoms with Gasteiger partial charge in [-0.1, -0.05) is 6.58 Å². The van der Waals surface area contributed by atoms with E-state index in [1.807, 2.05) is 0 Å². The molecule has 0 heterocycles. The molecule has 108 valence electrons. The lowest BCUT2D eigenvalue weighted by Gasteiger charge is -1.95. The van der Waals surface area contributed by atoms with E-state index in [0.717, 1.165) is 12.2 Å². The monoisotopic (exact) mass is 276 g/mol. The maximum absolute atomic E-state index is 10.4. The third-order valence-corrected chi connectivity index (χ3v) is 1.20. The molecular formula is C11H16O8. The van der Waals surface area contributed by atoms with Crippen molar-refractivity contribution >= 4 is 17.9 Å². The SMILES string of the molecule is C=CC(=O)OCCO.O=C(O)/C=C\C(=O)OCCO. The number of carbonyl (C=O) groups excluding carboxylic acids is 2. The molecule has 8 heteroatoms. The number of carbonyl (C=O) groups is 3. The van der Waals surface area contributed by atoms with Crippen molar-refractivity contribution in [1.29, 1.82) is 0 Å². The average molecular weight is 276 g/mol. The molecule has 0 fully saturated rings. The van der Waals surface area contributed by atoms with E-state index in [2.05, 4.69) is 16.1 Å². The zero-order valence-electron chi connectivity index (χ0n) is 10.2. The van der Waals surface area contributed by atoms with E-state index in [1.54, 1.807) is 0 Å². The van der Waals surface area contributed by atoms with Gasteiger partial charge in [-0.3, -0.25) is 0 Å². The molecule has 0 saturated carbocycles. The number of hydrogen-bond acceptors (Lipinski definition) is 7. The summed E-state index contributed by atoms with van der Waals surface area (Å²) in [5.41, 5.74) is 0. The van der Waals surface area contributed by atoms with Crippen LogP contribution >= 0.6 is 0 Å². The lowest BCUT2D eigenvalue weighted by molar-refractivity contribution is -0.139. The Morgan fingerprint density at radius 2 is 1.42 bits per heavy atom. The lowest BCUT2D eigenvalue weighted by atomic mass is 10.5. The molecule has 0 aliphatic carbocycles. The third kappa shape index (κ3) is 18.4. The van der Waals surface area contributed by atoms with Crippen LogP contribution in [0.1, 0.15) is 0 Å². The Morgan fingerprint density at radius 3 is 1.79 bits per heavy atom. The number of rotatable bonds is 7. The maximum Gasteiger partial charge on any atom is 0.331 e. The molecule has 0 radical (unpaired) electrons. The Kier molecular flexibility index (Phi) is 14.0. The molecule has 0 aliphatic rings. The number of ether oxygens (including phenoxy) is 2. The Morgan fingerprint density at radius 1 is 0.947 bits per heavy atom. The molecule has 0 spiro atoms. The molecule has 0 aromatic rings. The van der Waals surface area contributed by atoms with Crippen molar-refractivity contribution in [3.05, 3.63) is 24.8 Å². The molecule has 3 N–H and O–H groups in total. The van der Waals surface area contributed by atoms with Gasteiger partial charge in [0.2, 0.25) is 0 Å². The van der Waals surface area contributed by atoms with Gasteiger partial charge in [0.05, 0.1) is 13.2 Å². The number of hydrogen-bond donors (Lipinski definition) is 3. The van der Waals surface area contributed by atoms with Crippen LogP contribution < -0.4 is 0 Å². The summed E-state index contributed by atoms with van der Waals surface area (Å²) in [6.45, 7) is 2.67. The summed E-state index contributed by atoms with van der Waals surface area (Å²) >= 11 is 0. The Labute approximate surface area is 109 Å². The van der Waals surface area contributed by atoms with Crippen molar-refractivity contribution in [2.24, 2.45) is 0 Å². The molecule has 0 rings (SSSR count). The van der Waals surface area contributed by atoms with Gasteiger partial charge in [0, 0.05) is 18.2 Å². The fourth-order valence-electron chi connectivity index (χ4n) is 0.539. The molecule has 0 bridgehead atoms. The molecule has 0 unspecified atom stereocenters. The van der Waals surface area contributed by atoms with E-state index in [0.29, 0.717) is 6.08 Å². The second kappa shape index (κ2) is 13.9. The van der Waals surface area contributed by atoms with Gasteiger partial charge in [-0.15, -0.1) is 0 Å². The van der Waals surface area contributed by atoms with E-state index in [4.69, 9.17) is 15.3 Å². The van der Waals surface area contributed by atoms with Gasteiger partial charge in [0.1, 0.15) is 13.2 Å². The minimum absolute atomic E-state index is 0.0465.